The monoisotopic (exact) mass is 388 g/mol. The molecule has 7 heteroatoms. The molecule has 5 nitrogen and oxygen atoms in total. The van der Waals surface area contributed by atoms with Crippen molar-refractivity contribution in [1.29, 1.82) is 0 Å². The Hall–Kier alpha value is -2.44. The standard InChI is InChI=1S/C19H17ClN2O3S/c1-11-4-3-5-16-18(11)22-19(26-16)21-17(24)9-7-14(23)13-10-12(20)6-8-15(13)25-2/h3-6,8,10H,7,9H2,1-2H3,(H,21,22,24). The molecule has 0 aliphatic heterocycles. The van der Waals surface area contributed by atoms with Crippen LogP contribution in [0.4, 0.5) is 5.13 Å². The van der Waals surface area contributed by atoms with Crippen LogP contribution >= 0.6 is 22.9 Å². The quantitative estimate of drug-likeness (QED) is 0.612. The maximum Gasteiger partial charge on any atom is 0.226 e. The molecule has 0 atom stereocenters. The summed E-state index contributed by atoms with van der Waals surface area (Å²) in [6.07, 6.45) is 0.121. The Morgan fingerprint density at radius 1 is 1.23 bits per heavy atom. The van der Waals surface area contributed by atoms with E-state index < -0.39 is 0 Å². The van der Waals surface area contributed by atoms with Gasteiger partial charge in [-0.3, -0.25) is 9.59 Å². The fourth-order valence-corrected chi connectivity index (χ4v) is 3.71. The van der Waals surface area contributed by atoms with Gasteiger partial charge in [-0.25, -0.2) is 4.98 Å². The Morgan fingerprint density at radius 2 is 2.04 bits per heavy atom. The zero-order chi connectivity index (χ0) is 18.7. The van der Waals surface area contributed by atoms with Crippen molar-refractivity contribution < 1.29 is 14.3 Å². The number of thiazole rings is 1. The van der Waals surface area contributed by atoms with Crippen LogP contribution in [0.1, 0.15) is 28.8 Å². The predicted octanol–water partition coefficient (Wildman–Crippen LogP) is 4.87. The summed E-state index contributed by atoms with van der Waals surface area (Å²) in [5.74, 6) is -0.00263. The number of para-hydroxylation sites is 1. The number of fused-ring (bicyclic) bond motifs is 1. The molecule has 0 aliphatic carbocycles. The minimum absolute atomic E-state index is 0.0589. The van der Waals surface area contributed by atoms with E-state index in [1.165, 1.54) is 18.4 Å². The Balaban J connectivity index is 1.64. The van der Waals surface area contributed by atoms with Crippen LogP contribution in [-0.2, 0) is 4.79 Å². The SMILES string of the molecule is COc1ccc(Cl)cc1C(=O)CCC(=O)Nc1nc2c(C)cccc2s1. The van der Waals surface area contributed by atoms with Crippen molar-refractivity contribution in [2.45, 2.75) is 19.8 Å². The van der Waals surface area contributed by atoms with Gasteiger partial charge in [0.05, 0.1) is 22.9 Å². The van der Waals surface area contributed by atoms with Crippen molar-refractivity contribution in [3.05, 3.63) is 52.5 Å². The molecule has 0 aliphatic rings. The number of amides is 1. The first kappa shape index (κ1) is 18.4. The Kier molecular flexibility index (Phi) is 5.54. The van der Waals surface area contributed by atoms with Gasteiger partial charge < -0.3 is 10.1 Å². The maximum atomic E-state index is 12.4. The number of aryl methyl sites for hydroxylation is 1. The molecule has 1 amide bonds. The van der Waals surface area contributed by atoms with Gasteiger partial charge in [0.25, 0.3) is 0 Å². The number of rotatable bonds is 6. The van der Waals surface area contributed by atoms with E-state index in [1.54, 1.807) is 18.2 Å². The molecule has 134 valence electrons. The first-order chi connectivity index (χ1) is 12.5. The predicted molar refractivity (Wildman–Crippen MR) is 105 cm³/mol. The van der Waals surface area contributed by atoms with E-state index in [1.807, 2.05) is 25.1 Å². The molecular formula is C19H17ClN2O3S. The third-order valence-electron chi connectivity index (χ3n) is 3.91. The van der Waals surface area contributed by atoms with Gasteiger partial charge in [0.15, 0.2) is 10.9 Å². The Morgan fingerprint density at radius 3 is 2.77 bits per heavy atom. The number of hydrogen-bond acceptors (Lipinski definition) is 5. The highest BCUT2D eigenvalue weighted by atomic mass is 35.5. The average Bonchev–Trinajstić information content (AvgIpc) is 3.03. The highest BCUT2D eigenvalue weighted by Crippen LogP contribution is 2.28. The molecule has 0 radical (unpaired) electrons. The van der Waals surface area contributed by atoms with Crippen LogP contribution in [0.2, 0.25) is 5.02 Å². The molecule has 0 fully saturated rings. The average molecular weight is 389 g/mol. The summed E-state index contributed by atoms with van der Waals surface area (Å²) >= 11 is 7.36. The lowest BCUT2D eigenvalue weighted by molar-refractivity contribution is -0.116. The molecule has 0 unspecified atom stereocenters. The second-order valence-corrected chi connectivity index (χ2v) is 7.22. The number of hydrogen-bond donors (Lipinski definition) is 1. The number of aromatic nitrogens is 1. The highest BCUT2D eigenvalue weighted by Gasteiger charge is 2.15. The number of carbonyl (C=O) groups excluding carboxylic acids is 2. The number of benzene rings is 2. The van der Waals surface area contributed by atoms with Crippen LogP contribution < -0.4 is 10.1 Å². The number of ketones is 1. The van der Waals surface area contributed by atoms with Gasteiger partial charge in [0.1, 0.15) is 5.75 Å². The molecule has 3 rings (SSSR count). The number of carbonyl (C=O) groups is 2. The lowest BCUT2D eigenvalue weighted by Crippen LogP contribution is -2.13. The van der Waals surface area contributed by atoms with Crippen molar-refractivity contribution in [3.8, 4) is 5.75 Å². The van der Waals surface area contributed by atoms with Gasteiger partial charge in [0.2, 0.25) is 5.91 Å². The van der Waals surface area contributed by atoms with Crippen LogP contribution in [0.15, 0.2) is 36.4 Å². The lowest BCUT2D eigenvalue weighted by atomic mass is 10.1. The minimum Gasteiger partial charge on any atom is -0.496 e. The molecule has 26 heavy (non-hydrogen) atoms. The van der Waals surface area contributed by atoms with E-state index >= 15 is 0 Å². The number of nitrogens with zero attached hydrogens (tertiary/aromatic N) is 1. The van der Waals surface area contributed by atoms with E-state index in [9.17, 15) is 9.59 Å². The highest BCUT2D eigenvalue weighted by molar-refractivity contribution is 7.22. The number of ether oxygens (including phenoxy) is 1. The minimum atomic E-state index is -0.254. The van der Waals surface area contributed by atoms with Crippen LogP contribution in [0.5, 0.6) is 5.75 Å². The first-order valence-electron chi connectivity index (χ1n) is 8.00. The Labute approximate surface area is 160 Å². The zero-order valence-electron chi connectivity index (χ0n) is 14.3. The molecule has 0 bridgehead atoms. The van der Waals surface area contributed by atoms with E-state index in [0.717, 1.165) is 15.8 Å². The fraction of sp³-hybridized carbons (Fsp3) is 0.211. The van der Waals surface area contributed by atoms with Crippen LogP contribution in [0.3, 0.4) is 0 Å². The van der Waals surface area contributed by atoms with E-state index in [2.05, 4.69) is 10.3 Å². The first-order valence-corrected chi connectivity index (χ1v) is 9.20. The summed E-state index contributed by atoms with van der Waals surface area (Å²) in [5, 5.41) is 3.75. The second kappa shape index (κ2) is 7.85. The smallest absolute Gasteiger partial charge is 0.226 e. The summed E-state index contributed by atoms with van der Waals surface area (Å²) in [6.45, 7) is 1.98. The Bertz CT molecular complexity index is 984. The molecule has 0 spiro atoms. The van der Waals surface area contributed by atoms with E-state index in [-0.39, 0.29) is 24.5 Å². The molecular weight excluding hydrogens is 372 g/mol. The third-order valence-corrected chi connectivity index (χ3v) is 5.08. The summed E-state index contributed by atoms with van der Waals surface area (Å²) in [6, 6.07) is 10.7. The molecule has 1 heterocycles. The number of nitrogens with one attached hydrogen (secondary N) is 1. The van der Waals surface area contributed by atoms with Crippen LogP contribution in [-0.4, -0.2) is 23.8 Å². The van der Waals surface area contributed by atoms with Crippen molar-refractivity contribution in [2.75, 3.05) is 12.4 Å². The van der Waals surface area contributed by atoms with E-state index in [0.29, 0.717) is 21.5 Å². The van der Waals surface area contributed by atoms with Gasteiger partial charge in [0, 0.05) is 17.9 Å². The second-order valence-electron chi connectivity index (χ2n) is 5.76. The van der Waals surface area contributed by atoms with Gasteiger partial charge in [-0.1, -0.05) is 35.1 Å². The number of methoxy groups -OCH3 is 1. The van der Waals surface area contributed by atoms with Gasteiger partial charge in [-0.15, -0.1) is 0 Å². The van der Waals surface area contributed by atoms with Crippen molar-refractivity contribution in [2.24, 2.45) is 0 Å². The number of halogens is 1. The van der Waals surface area contributed by atoms with Crippen molar-refractivity contribution in [1.82, 2.24) is 4.98 Å². The van der Waals surface area contributed by atoms with Gasteiger partial charge in [-0.05, 0) is 36.8 Å². The fourth-order valence-electron chi connectivity index (χ4n) is 2.58. The molecule has 1 aromatic heterocycles. The van der Waals surface area contributed by atoms with Crippen LogP contribution in [0, 0.1) is 6.92 Å². The molecule has 3 aromatic rings. The van der Waals surface area contributed by atoms with E-state index in [4.69, 9.17) is 16.3 Å². The summed E-state index contributed by atoms with van der Waals surface area (Å²) in [5.41, 5.74) is 2.32. The zero-order valence-corrected chi connectivity index (χ0v) is 15.9. The van der Waals surface area contributed by atoms with Crippen molar-refractivity contribution in [3.63, 3.8) is 0 Å². The number of anilines is 1. The maximum absolute atomic E-state index is 12.4. The van der Waals surface area contributed by atoms with Crippen molar-refractivity contribution >= 4 is 50.0 Å². The largest absolute Gasteiger partial charge is 0.496 e. The molecule has 2 aromatic carbocycles. The summed E-state index contributed by atoms with van der Waals surface area (Å²) < 4.78 is 6.19. The molecule has 0 saturated heterocycles. The normalized spacial score (nSPS) is 10.7. The summed E-state index contributed by atoms with van der Waals surface area (Å²) in [7, 11) is 1.49. The van der Waals surface area contributed by atoms with Gasteiger partial charge >= 0.3 is 0 Å². The molecule has 1 N–H and O–H groups in total. The molecule has 0 saturated carbocycles. The van der Waals surface area contributed by atoms with Gasteiger partial charge in [-0.2, -0.15) is 0 Å². The summed E-state index contributed by atoms with van der Waals surface area (Å²) in [4.78, 5) is 29.0. The van der Waals surface area contributed by atoms with Crippen LogP contribution in [0.25, 0.3) is 10.2 Å². The lowest BCUT2D eigenvalue weighted by Gasteiger charge is -2.08. The third kappa shape index (κ3) is 4.03. The number of Topliss-reactive ketones (excluding diaryl/α,β-unsaturated/α-hetero) is 1. The topological polar surface area (TPSA) is 68.3 Å².